The maximum atomic E-state index is 6.07. The van der Waals surface area contributed by atoms with Crippen LogP contribution in [0.25, 0.3) is 0 Å². The van der Waals surface area contributed by atoms with Gasteiger partial charge in [-0.3, -0.25) is 0 Å². The molecule has 2 nitrogen and oxygen atoms in total. The first-order chi connectivity index (χ1) is 8.70. The molecule has 0 heterocycles. The van der Waals surface area contributed by atoms with E-state index in [0.29, 0.717) is 5.84 Å². The maximum Gasteiger partial charge on any atom is 0.131 e. The smallest absolute Gasteiger partial charge is 0.131 e. The highest BCUT2D eigenvalue weighted by molar-refractivity contribution is 5.99. The molecule has 2 aromatic rings. The highest BCUT2D eigenvalue weighted by atomic mass is 14.9. The van der Waals surface area contributed by atoms with Crippen LogP contribution in [-0.4, -0.2) is 5.84 Å². The Morgan fingerprint density at radius 2 is 1.89 bits per heavy atom. The van der Waals surface area contributed by atoms with E-state index in [1.165, 1.54) is 11.1 Å². The van der Waals surface area contributed by atoms with Crippen LogP contribution in [0.3, 0.4) is 0 Å². The molecule has 18 heavy (non-hydrogen) atoms. The second-order valence-corrected chi connectivity index (χ2v) is 4.35. The summed E-state index contributed by atoms with van der Waals surface area (Å²) in [6, 6.07) is 16.2. The van der Waals surface area contributed by atoms with Crippen molar-refractivity contribution in [3.05, 3.63) is 65.2 Å². The summed E-state index contributed by atoms with van der Waals surface area (Å²) in [5.74, 6) is 0.569. The Morgan fingerprint density at radius 1 is 1.11 bits per heavy atom. The van der Waals surface area contributed by atoms with Crippen molar-refractivity contribution in [1.82, 2.24) is 0 Å². The third kappa shape index (κ3) is 2.77. The van der Waals surface area contributed by atoms with Crippen molar-refractivity contribution in [3.63, 3.8) is 0 Å². The van der Waals surface area contributed by atoms with Gasteiger partial charge in [-0.05, 0) is 31.0 Å². The summed E-state index contributed by atoms with van der Waals surface area (Å²) in [5, 5.41) is 0. The van der Waals surface area contributed by atoms with E-state index in [9.17, 15) is 0 Å². The molecule has 2 aromatic carbocycles. The number of amidine groups is 1. The van der Waals surface area contributed by atoms with Gasteiger partial charge in [0.05, 0.1) is 5.69 Å². The molecule has 2 rings (SSSR count). The summed E-state index contributed by atoms with van der Waals surface area (Å²) < 4.78 is 0. The molecule has 0 aliphatic heterocycles. The highest BCUT2D eigenvalue weighted by Crippen LogP contribution is 2.19. The van der Waals surface area contributed by atoms with Crippen molar-refractivity contribution in [1.29, 1.82) is 0 Å². The SMILES string of the molecule is CCc1ccccc1N=C(N)c1cccc(C)c1. The monoisotopic (exact) mass is 238 g/mol. The van der Waals surface area contributed by atoms with E-state index in [0.717, 1.165) is 17.7 Å². The van der Waals surface area contributed by atoms with Gasteiger partial charge in [0, 0.05) is 5.56 Å². The first-order valence-electron chi connectivity index (χ1n) is 6.20. The van der Waals surface area contributed by atoms with Gasteiger partial charge in [-0.2, -0.15) is 0 Å². The molecule has 92 valence electrons. The van der Waals surface area contributed by atoms with Gasteiger partial charge in [-0.1, -0.05) is 48.9 Å². The molecule has 0 fully saturated rings. The zero-order chi connectivity index (χ0) is 13.0. The summed E-state index contributed by atoms with van der Waals surface area (Å²) in [6.07, 6.45) is 0.959. The lowest BCUT2D eigenvalue weighted by molar-refractivity contribution is 1.13. The Balaban J connectivity index is 2.38. The van der Waals surface area contributed by atoms with Gasteiger partial charge in [-0.15, -0.1) is 0 Å². The predicted octanol–water partition coefficient (Wildman–Crippen LogP) is 3.59. The molecule has 2 N–H and O–H groups in total. The minimum atomic E-state index is 0.569. The number of aryl methyl sites for hydroxylation is 2. The summed E-state index contributed by atoms with van der Waals surface area (Å²) in [5.41, 5.74) is 10.4. The number of hydrogen-bond acceptors (Lipinski definition) is 1. The molecule has 0 radical (unpaired) electrons. The van der Waals surface area contributed by atoms with Crippen molar-refractivity contribution in [2.75, 3.05) is 0 Å². The van der Waals surface area contributed by atoms with E-state index in [1.54, 1.807) is 0 Å². The summed E-state index contributed by atoms with van der Waals surface area (Å²) in [6.45, 7) is 4.17. The molecule has 0 saturated heterocycles. The second-order valence-electron chi connectivity index (χ2n) is 4.35. The van der Waals surface area contributed by atoms with Gasteiger partial charge in [-0.25, -0.2) is 4.99 Å². The number of benzene rings is 2. The van der Waals surface area contributed by atoms with E-state index in [4.69, 9.17) is 5.73 Å². The largest absolute Gasteiger partial charge is 0.383 e. The van der Waals surface area contributed by atoms with Crippen molar-refractivity contribution < 1.29 is 0 Å². The Hall–Kier alpha value is -2.09. The van der Waals surface area contributed by atoms with E-state index >= 15 is 0 Å². The van der Waals surface area contributed by atoms with Gasteiger partial charge in [0.1, 0.15) is 5.84 Å². The fourth-order valence-corrected chi connectivity index (χ4v) is 1.92. The van der Waals surface area contributed by atoms with E-state index in [2.05, 4.69) is 31.0 Å². The minimum Gasteiger partial charge on any atom is -0.383 e. The Labute approximate surface area is 108 Å². The van der Waals surface area contributed by atoms with Crippen LogP contribution >= 0.6 is 0 Å². The molecule has 0 bridgehead atoms. The minimum absolute atomic E-state index is 0.569. The Bertz CT molecular complexity index is 571. The Morgan fingerprint density at radius 3 is 2.61 bits per heavy atom. The van der Waals surface area contributed by atoms with Crippen LogP contribution in [0.15, 0.2) is 53.5 Å². The second kappa shape index (κ2) is 5.50. The molecular weight excluding hydrogens is 220 g/mol. The molecule has 0 spiro atoms. The fraction of sp³-hybridized carbons (Fsp3) is 0.188. The van der Waals surface area contributed by atoms with Gasteiger partial charge >= 0.3 is 0 Å². The standard InChI is InChI=1S/C16H18N2/c1-3-13-8-4-5-10-15(13)18-16(17)14-9-6-7-12(2)11-14/h4-11H,3H2,1-2H3,(H2,17,18). The zero-order valence-electron chi connectivity index (χ0n) is 10.9. The van der Waals surface area contributed by atoms with Crippen LogP contribution in [0.1, 0.15) is 23.6 Å². The first kappa shape index (κ1) is 12.4. The van der Waals surface area contributed by atoms with Crippen molar-refractivity contribution in [3.8, 4) is 0 Å². The van der Waals surface area contributed by atoms with Gasteiger partial charge in [0.25, 0.3) is 0 Å². The quantitative estimate of drug-likeness (QED) is 0.644. The molecule has 0 saturated carbocycles. The number of nitrogens with two attached hydrogens (primary N) is 1. The van der Waals surface area contributed by atoms with Crippen LogP contribution in [-0.2, 0) is 6.42 Å². The number of para-hydroxylation sites is 1. The lowest BCUT2D eigenvalue weighted by Crippen LogP contribution is -2.12. The molecule has 0 amide bonds. The van der Waals surface area contributed by atoms with Crippen LogP contribution in [0, 0.1) is 6.92 Å². The first-order valence-corrected chi connectivity index (χ1v) is 6.20. The Kier molecular flexibility index (Phi) is 3.78. The normalized spacial score (nSPS) is 11.6. The summed E-state index contributed by atoms with van der Waals surface area (Å²) in [4.78, 5) is 4.54. The summed E-state index contributed by atoms with van der Waals surface area (Å²) in [7, 11) is 0. The van der Waals surface area contributed by atoms with Crippen molar-refractivity contribution in [2.45, 2.75) is 20.3 Å². The average Bonchev–Trinajstić information content (AvgIpc) is 2.39. The van der Waals surface area contributed by atoms with Gasteiger partial charge in [0.15, 0.2) is 0 Å². The molecule has 0 aliphatic rings. The zero-order valence-corrected chi connectivity index (χ0v) is 10.9. The molecule has 0 atom stereocenters. The third-order valence-electron chi connectivity index (χ3n) is 2.93. The molecule has 2 heteroatoms. The maximum absolute atomic E-state index is 6.07. The van der Waals surface area contributed by atoms with Crippen molar-refractivity contribution >= 4 is 11.5 Å². The fourth-order valence-electron chi connectivity index (χ4n) is 1.92. The van der Waals surface area contributed by atoms with Crippen LogP contribution in [0.4, 0.5) is 5.69 Å². The van der Waals surface area contributed by atoms with Gasteiger partial charge in [0.2, 0.25) is 0 Å². The lowest BCUT2D eigenvalue weighted by Gasteiger charge is -2.05. The van der Waals surface area contributed by atoms with Crippen LogP contribution in [0.2, 0.25) is 0 Å². The van der Waals surface area contributed by atoms with Crippen molar-refractivity contribution in [2.24, 2.45) is 10.7 Å². The molecular formula is C16H18N2. The van der Waals surface area contributed by atoms with E-state index in [1.807, 2.05) is 36.4 Å². The number of hydrogen-bond donors (Lipinski definition) is 1. The van der Waals surface area contributed by atoms with Crippen LogP contribution in [0.5, 0.6) is 0 Å². The topological polar surface area (TPSA) is 38.4 Å². The third-order valence-corrected chi connectivity index (χ3v) is 2.93. The molecule has 0 unspecified atom stereocenters. The average molecular weight is 238 g/mol. The lowest BCUT2D eigenvalue weighted by atomic mass is 10.1. The highest BCUT2D eigenvalue weighted by Gasteiger charge is 2.01. The van der Waals surface area contributed by atoms with E-state index in [-0.39, 0.29) is 0 Å². The number of nitrogens with zero attached hydrogens (tertiary/aromatic N) is 1. The predicted molar refractivity (Wildman–Crippen MR) is 77.4 cm³/mol. The number of rotatable bonds is 3. The molecule has 0 aromatic heterocycles. The summed E-state index contributed by atoms with van der Waals surface area (Å²) >= 11 is 0. The van der Waals surface area contributed by atoms with Crippen LogP contribution < -0.4 is 5.73 Å². The van der Waals surface area contributed by atoms with E-state index < -0.39 is 0 Å². The number of aliphatic imine (C=N–C) groups is 1. The van der Waals surface area contributed by atoms with Gasteiger partial charge < -0.3 is 5.73 Å². The molecule has 0 aliphatic carbocycles.